The summed E-state index contributed by atoms with van der Waals surface area (Å²) in [6, 6.07) is 4.92. The van der Waals surface area contributed by atoms with Gasteiger partial charge in [0, 0.05) is 19.2 Å². The maximum atomic E-state index is 13.3. The van der Waals surface area contributed by atoms with Crippen molar-refractivity contribution in [2.45, 2.75) is 18.0 Å². The first-order valence-corrected chi connectivity index (χ1v) is 7.26. The molecule has 0 bridgehead atoms. The third-order valence-electron chi connectivity index (χ3n) is 2.87. The second-order valence-electron chi connectivity index (χ2n) is 4.30. The van der Waals surface area contributed by atoms with Crippen molar-refractivity contribution in [1.29, 1.82) is 0 Å². The van der Waals surface area contributed by atoms with Crippen LogP contribution in [-0.4, -0.2) is 24.9 Å². The van der Waals surface area contributed by atoms with Crippen LogP contribution in [0.1, 0.15) is 11.1 Å². The summed E-state index contributed by atoms with van der Waals surface area (Å²) in [6.45, 7) is -0.380. The molecule has 0 aliphatic carbocycles. The molecule has 5 nitrogen and oxygen atoms in total. The molecule has 1 aromatic heterocycles. The van der Waals surface area contributed by atoms with Gasteiger partial charge in [0.2, 0.25) is 10.0 Å². The molecule has 1 N–H and O–H groups in total. The second kappa shape index (κ2) is 5.74. The van der Waals surface area contributed by atoms with E-state index in [1.54, 1.807) is 6.07 Å². The van der Waals surface area contributed by atoms with Gasteiger partial charge in [-0.2, -0.15) is 4.31 Å². The van der Waals surface area contributed by atoms with Crippen LogP contribution in [0.4, 0.5) is 4.39 Å². The molecule has 0 amide bonds. The molecule has 0 saturated carbocycles. The smallest absolute Gasteiger partial charge is 0.243 e. The van der Waals surface area contributed by atoms with Crippen LogP contribution in [0.5, 0.6) is 0 Å². The summed E-state index contributed by atoms with van der Waals surface area (Å²) in [6.07, 6.45) is 2.88. The van der Waals surface area contributed by atoms with Gasteiger partial charge >= 0.3 is 0 Å². The number of hydrogen-bond acceptors (Lipinski definition) is 4. The molecule has 0 fully saturated rings. The molecule has 0 atom stereocenters. The lowest BCUT2D eigenvalue weighted by Gasteiger charge is -2.18. The van der Waals surface area contributed by atoms with E-state index in [2.05, 4.69) is 0 Å². The SMILES string of the molecule is CN(Cc1ccoc1)S(=O)(=O)c1cc(F)ccc1CO. The Morgan fingerprint density at radius 3 is 2.70 bits per heavy atom. The molecule has 0 unspecified atom stereocenters. The largest absolute Gasteiger partial charge is 0.472 e. The van der Waals surface area contributed by atoms with Gasteiger partial charge in [-0.3, -0.25) is 0 Å². The van der Waals surface area contributed by atoms with Crippen LogP contribution in [0.2, 0.25) is 0 Å². The monoisotopic (exact) mass is 299 g/mol. The maximum absolute atomic E-state index is 13.3. The summed E-state index contributed by atoms with van der Waals surface area (Å²) in [5.74, 6) is -0.669. The lowest BCUT2D eigenvalue weighted by Crippen LogP contribution is -2.27. The molecule has 0 spiro atoms. The minimum absolute atomic E-state index is 0.0974. The van der Waals surface area contributed by atoms with Crippen molar-refractivity contribution in [2.75, 3.05) is 7.05 Å². The number of aliphatic hydroxyl groups excluding tert-OH is 1. The highest BCUT2D eigenvalue weighted by Gasteiger charge is 2.24. The Bertz CT molecular complexity index is 682. The summed E-state index contributed by atoms with van der Waals surface area (Å²) in [5, 5.41) is 9.19. The van der Waals surface area contributed by atoms with Gasteiger partial charge in [-0.15, -0.1) is 0 Å². The van der Waals surface area contributed by atoms with E-state index in [4.69, 9.17) is 4.42 Å². The maximum Gasteiger partial charge on any atom is 0.243 e. The summed E-state index contributed by atoms with van der Waals surface area (Å²) in [5.41, 5.74) is 0.837. The Balaban J connectivity index is 2.36. The number of halogens is 1. The Hall–Kier alpha value is -1.70. The molecule has 0 radical (unpaired) electrons. The molecule has 7 heteroatoms. The zero-order valence-corrected chi connectivity index (χ0v) is 11.6. The van der Waals surface area contributed by atoms with Gasteiger partial charge < -0.3 is 9.52 Å². The quantitative estimate of drug-likeness (QED) is 0.913. The van der Waals surface area contributed by atoms with Crippen molar-refractivity contribution >= 4 is 10.0 Å². The van der Waals surface area contributed by atoms with E-state index < -0.39 is 22.4 Å². The van der Waals surface area contributed by atoms with E-state index in [0.29, 0.717) is 5.56 Å². The highest BCUT2D eigenvalue weighted by molar-refractivity contribution is 7.89. The Labute approximate surface area is 116 Å². The Morgan fingerprint density at radius 1 is 1.35 bits per heavy atom. The van der Waals surface area contributed by atoms with Gasteiger partial charge in [0.15, 0.2) is 0 Å². The number of nitrogens with zero attached hydrogens (tertiary/aromatic N) is 1. The van der Waals surface area contributed by atoms with Gasteiger partial charge in [0.1, 0.15) is 5.82 Å². The van der Waals surface area contributed by atoms with Crippen molar-refractivity contribution in [2.24, 2.45) is 0 Å². The van der Waals surface area contributed by atoms with E-state index in [9.17, 15) is 17.9 Å². The molecule has 0 aliphatic rings. The molecule has 0 aliphatic heterocycles. The number of benzene rings is 1. The molecule has 0 saturated heterocycles. The average molecular weight is 299 g/mol. The number of furan rings is 1. The van der Waals surface area contributed by atoms with Gasteiger partial charge in [-0.05, 0) is 23.8 Å². The highest BCUT2D eigenvalue weighted by atomic mass is 32.2. The van der Waals surface area contributed by atoms with Crippen molar-refractivity contribution in [3.8, 4) is 0 Å². The highest BCUT2D eigenvalue weighted by Crippen LogP contribution is 2.22. The topological polar surface area (TPSA) is 70.8 Å². The van der Waals surface area contributed by atoms with Crippen LogP contribution in [0.25, 0.3) is 0 Å². The molecule has 2 rings (SSSR count). The van der Waals surface area contributed by atoms with Crippen LogP contribution in [0.3, 0.4) is 0 Å². The van der Waals surface area contributed by atoms with Gasteiger partial charge in [-0.25, -0.2) is 12.8 Å². The number of sulfonamides is 1. The van der Waals surface area contributed by atoms with E-state index in [-0.39, 0.29) is 17.0 Å². The predicted molar refractivity (Wildman–Crippen MR) is 69.7 cm³/mol. The summed E-state index contributed by atoms with van der Waals surface area (Å²) in [7, 11) is -2.51. The van der Waals surface area contributed by atoms with Crippen molar-refractivity contribution < 1.29 is 22.3 Å². The fraction of sp³-hybridized carbons (Fsp3) is 0.231. The molecular weight excluding hydrogens is 285 g/mol. The van der Waals surface area contributed by atoms with Crippen LogP contribution in [-0.2, 0) is 23.2 Å². The van der Waals surface area contributed by atoms with Gasteiger partial charge in [0.05, 0.1) is 24.0 Å². The first-order chi connectivity index (χ1) is 9.45. The zero-order valence-electron chi connectivity index (χ0n) is 10.8. The molecule has 2 aromatic rings. The third-order valence-corrected chi connectivity index (χ3v) is 4.76. The average Bonchev–Trinajstić information content (AvgIpc) is 2.91. The number of rotatable bonds is 5. The van der Waals surface area contributed by atoms with Crippen LogP contribution < -0.4 is 0 Å². The van der Waals surface area contributed by atoms with Crippen LogP contribution >= 0.6 is 0 Å². The third kappa shape index (κ3) is 2.90. The van der Waals surface area contributed by atoms with Gasteiger partial charge in [0.25, 0.3) is 0 Å². The van der Waals surface area contributed by atoms with E-state index >= 15 is 0 Å². The van der Waals surface area contributed by atoms with Gasteiger partial charge in [-0.1, -0.05) is 6.07 Å². The molecule has 1 heterocycles. The lowest BCUT2D eigenvalue weighted by molar-refractivity contribution is 0.278. The Morgan fingerprint density at radius 2 is 2.10 bits per heavy atom. The summed E-state index contributed by atoms with van der Waals surface area (Å²) in [4.78, 5) is -0.231. The minimum atomic E-state index is -3.89. The van der Waals surface area contributed by atoms with Crippen LogP contribution in [0.15, 0.2) is 46.1 Å². The van der Waals surface area contributed by atoms with E-state index in [0.717, 1.165) is 16.4 Å². The fourth-order valence-electron chi connectivity index (χ4n) is 1.79. The lowest BCUT2D eigenvalue weighted by atomic mass is 10.2. The standard InChI is InChI=1S/C13H14FNO4S/c1-15(7-10-4-5-19-9-10)20(17,18)13-6-12(14)3-2-11(13)8-16/h2-6,9,16H,7-8H2,1H3. The Kier molecular flexibility index (Phi) is 4.22. The molecule has 108 valence electrons. The van der Waals surface area contributed by atoms with Crippen molar-refractivity contribution in [3.63, 3.8) is 0 Å². The van der Waals surface area contributed by atoms with Crippen molar-refractivity contribution in [1.82, 2.24) is 4.31 Å². The summed E-state index contributed by atoms with van der Waals surface area (Å²) >= 11 is 0. The number of aliphatic hydroxyl groups is 1. The van der Waals surface area contributed by atoms with Crippen molar-refractivity contribution in [3.05, 3.63) is 53.7 Å². The van der Waals surface area contributed by atoms with E-state index in [1.165, 1.54) is 25.6 Å². The second-order valence-corrected chi connectivity index (χ2v) is 6.32. The zero-order chi connectivity index (χ0) is 14.8. The predicted octanol–water partition coefficient (Wildman–Crippen LogP) is 1.73. The molecular formula is C13H14FNO4S. The van der Waals surface area contributed by atoms with E-state index in [1.807, 2.05) is 0 Å². The summed E-state index contributed by atoms with van der Waals surface area (Å²) < 4.78 is 44.0. The number of hydrogen-bond donors (Lipinski definition) is 1. The minimum Gasteiger partial charge on any atom is -0.472 e. The molecule has 20 heavy (non-hydrogen) atoms. The molecule has 1 aromatic carbocycles. The fourth-order valence-corrected chi connectivity index (χ4v) is 3.17. The first kappa shape index (κ1) is 14.7. The first-order valence-electron chi connectivity index (χ1n) is 5.82. The normalized spacial score (nSPS) is 12.0. The van der Waals surface area contributed by atoms with Crippen LogP contribution in [0, 0.1) is 5.82 Å².